The first kappa shape index (κ1) is 13.7. The molecule has 0 unspecified atom stereocenters. The van der Waals surface area contributed by atoms with Crippen molar-refractivity contribution in [1.82, 2.24) is 0 Å². The van der Waals surface area contributed by atoms with Crippen molar-refractivity contribution < 1.29 is 37.6 Å². The number of aryl methyl sites for hydroxylation is 1. The Balaban J connectivity index is 0.00000169. The molecule has 0 bridgehead atoms. The van der Waals surface area contributed by atoms with Crippen LogP contribution in [0.5, 0.6) is 0 Å². The van der Waals surface area contributed by atoms with Crippen LogP contribution in [0.25, 0.3) is 0 Å². The molecule has 3 nitrogen and oxygen atoms in total. The zero-order valence-corrected chi connectivity index (χ0v) is 11.7. The topological polar surface area (TPSA) is 43.1 Å². The van der Waals surface area contributed by atoms with E-state index in [-0.39, 0.29) is 43.3 Å². The molecule has 1 rings (SSSR count). The summed E-state index contributed by atoms with van der Waals surface area (Å²) >= 11 is 0. The summed E-state index contributed by atoms with van der Waals surface area (Å²) in [6.07, 6.45) is 0. The van der Waals surface area contributed by atoms with Crippen molar-refractivity contribution in [2.24, 2.45) is 0 Å². The van der Waals surface area contributed by atoms with E-state index in [1.54, 1.807) is 6.92 Å². The van der Waals surface area contributed by atoms with Crippen molar-refractivity contribution >= 4 is 5.69 Å². The molecule has 14 heavy (non-hydrogen) atoms. The quantitative estimate of drug-likeness (QED) is 0.446. The zero-order valence-electron chi connectivity index (χ0n) is 8.84. The predicted molar refractivity (Wildman–Crippen MR) is 50.9 cm³/mol. The summed E-state index contributed by atoms with van der Waals surface area (Å²) in [6.45, 7) is 7.46. The van der Waals surface area contributed by atoms with Crippen LogP contribution in [0.2, 0.25) is 0 Å². The Morgan fingerprint density at radius 3 is 2.00 bits per heavy atom. The average Bonchev–Trinajstić information content (AvgIpc) is 2.07. The molecule has 0 heterocycles. The maximum atomic E-state index is 10.6. The van der Waals surface area contributed by atoms with E-state index in [4.69, 9.17) is 0 Å². The van der Waals surface area contributed by atoms with Gasteiger partial charge in [-0.3, -0.25) is 10.1 Å². The van der Waals surface area contributed by atoms with Gasteiger partial charge in [-0.05, 0) is 0 Å². The maximum absolute atomic E-state index is 10.6. The van der Waals surface area contributed by atoms with Crippen molar-refractivity contribution in [3.63, 3.8) is 0 Å². The van der Waals surface area contributed by atoms with Crippen molar-refractivity contribution in [2.75, 3.05) is 0 Å². The van der Waals surface area contributed by atoms with Gasteiger partial charge in [0.2, 0.25) is 0 Å². The molecule has 0 aliphatic rings. The van der Waals surface area contributed by atoms with Gasteiger partial charge in [-0.1, -0.05) is 39.3 Å². The van der Waals surface area contributed by atoms with Crippen LogP contribution >= 0.6 is 0 Å². The summed E-state index contributed by atoms with van der Waals surface area (Å²) in [5.41, 5.74) is 3.74. The van der Waals surface area contributed by atoms with E-state index in [9.17, 15) is 10.1 Å². The molecule has 4 heteroatoms. The summed E-state index contributed by atoms with van der Waals surface area (Å²) in [6, 6.07) is 2.79. The van der Waals surface area contributed by atoms with Crippen LogP contribution in [-0.2, 0) is 32.7 Å². The van der Waals surface area contributed by atoms with Gasteiger partial charge in [-0.15, -0.1) is 5.56 Å². The fraction of sp³-hybridized carbons (Fsp3) is 0.400. The van der Waals surface area contributed by atoms with Crippen LogP contribution in [0.15, 0.2) is 0 Å². The van der Waals surface area contributed by atoms with E-state index < -0.39 is 0 Å². The summed E-state index contributed by atoms with van der Waals surface area (Å²) in [4.78, 5) is 10.2. The number of hydrogen-bond donors (Lipinski definition) is 0. The SMILES string of the molecule is Cc1[c-]c([N+](=O)[O-])c(C)c(C)c1C.[Y]. The molecule has 0 fully saturated rings. The van der Waals surface area contributed by atoms with Crippen LogP contribution in [0.3, 0.4) is 0 Å². The minimum atomic E-state index is -0.380. The van der Waals surface area contributed by atoms with Crippen molar-refractivity contribution in [3.05, 3.63) is 38.4 Å². The average molecular weight is 267 g/mol. The van der Waals surface area contributed by atoms with Gasteiger partial charge in [0.05, 0.1) is 0 Å². The summed E-state index contributed by atoms with van der Waals surface area (Å²) in [5.74, 6) is 0. The first-order valence-electron chi connectivity index (χ1n) is 4.09. The predicted octanol–water partition coefficient (Wildman–Crippen LogP) is 2.63. The molecule has 0 aromatic heterocycles. The third kappa shape index (κ3) is 2.40. The normalized spacial score (nSPS) is 9.43. The van der Waals surface area contributed by atoms with Gasteiger partial charge in [0.25, 0.3) is 0 Å². The van der Waals surface area contributed by atoms with Gasteiger partial charge < -0.3 is 0 Å². The van der Waals surface area contributed by atoms with E-state index in [0.29, 0.717) is 5.56 Å². The summed E-state index contributed by atoms with van der Waals surface area (Å²) in [5, 5.41) is 10.6. The van der Waals surface area contributed by atoms with Crippen molar-refractivity contribution in [3.8, 4) is 0 Å². The molecule has 0 saturated carbocycles. The molecule has 0 amide bonds. The van der Waals surface area contributed by atoms with E-state index in [1.807, 2.05) is 20.8 Å². The Morgan fingerprint density at radius 1 is 1.07 bits per heavy atom. The number of nitro groups is 1. The van der Waals surface area contributed by atoms with Crippen LogP contribution in [0, 0.1) is 43.9 Å². The smallest absolute Gasteiger partial charge is 0.165 e. The Kier molecular flexibility index (Phi) is 4.89. The van der Waals surface area contributed by atoms with Gasteiger partial charge >= 0.3 is 0 Å². The second kappa shape index (κ2) is 4.99. The Bertz CT molecular complexity index is 375. The zero-order chi connectivity index (χ0) is 10.2. The van der Waals surface area contributed by atoms with E-state index in [0.717, 1.165) is 16.7 Å². The molecule has 73 valence electrons. The summed E-state index contributed by atoms with van der Waals surface area (Å²) < 4.78 is 0. The number of hydrogen-bond acceptors (Lipinski definition) is 2. The molecule has 0 spiro atoms. The van der Waals surface area contributed by atoms with Crippen LogP contribution in [0.4, 0.5) is 5.69 Å². The van der Waals surface area contributed by atoms with E-state index in [2.05, 4.69) is 6.07 Å². The molecule has 1 aromatic carbocycles. The Labute approximate surface area is 109 Å². The Morgan fingerprint density at radius 2 is 1.57 bits per heavy atom. The molecule has 0 aliphatic carbocycles. The number of rotatable bonds is 1. The third-order valence-corrected chi connectivity index (χ3v) is 2.53. The minimum absolute atomic E-state index is 0. The fourth-order valence-electron chi connectivity index (χ4n) is 1.29. The van der Waals surface area contributed by atoms with E-state index in [1.165, 1.54) is 0 Å². The molecular weight excluding hydrogens is 255 g/mol. The molecule has 1 aromatic rings. The number of nitrogens with zero attached hydrogens (tertiary/aromatic N) is 1. The largest absolute Gasteiger partial charge is 0.260 e. The molecule has 0 aliphatic heterocycles. The second-order valence-electron chi connectivity index (χ2n) is 3.23. The summed E-state index contributed by atoms with van der Waals surface area (Å²) in [7, 11) is 0. The number of nitro benzene ring substituents is 1. The van der Waals surface area contributed by atoms with Crippen LogP contribution in [0.1, 0.15) is 22.3 Å². The van der Waals surface area contributed by atoms with Gasteiger partial charge in [0.1, 0.15) is 0 Å². The van der Waals surface area contributed by atoms with Gasteiger partial charge in [0, 0.05) is 37.6 Å². The molecule has 0 atom stereocenters. The molecule has 0 N–H and O–H groups in total. The number of benzene rings is 1. The van der Waals surface area contributed by atoms with Gasteiger partial charge in [0.15, 0.2) is 5.69 Å². The molecule has 0 saturated heterocycles. The van der Waals surface area contributed by atoms with Crippen LogP contribution in [-0.4, -0.2) is 4.92 Å². The molecule has 1 radical (unpaired) electrons. The standard InChI is InChI=1S/C10H12NO2.Y/c1-6-5-10(11(12)13)9(4)8(3)7(6)2;/h1-4H3;/q-1;. The third-order valence-electron chi connectivity index (χ3n) is 2.53. The van der Waals surface area contributed by atoms with Gasteiger partial charge in [-0.25, -0.2) is 0 Å². The fourth-order valence-corrected chi connectivity index (χ4v) is 1.29. The molecular formula is C10H12NO2Y-. The first-order chi connectivity index (χ1) is 5.95. The van der Waals surface area contributed by atoms with Gasteiger partial charge in [-0.2, -0.15) is 11.1 Å². The minimum Gasteiger partial charge on any atom is -0.260 e. The van der Waals surface area contributed by atoms with Crippen molar-refractivity contribution in [1.29, 1.82) is 0 Å². The van der Waals surface area contributed by atoms with Crippen molar-refractivity contribution in [2.45, 2.75) is 27.7 Å². The van der Waals surface area contributed by atoms with Crippen LogP contribution < -0.4 is 0 Å². The maximum Gasteiger partial charge on any atom is 0.165 e. The van der Waals surface area contributed by atoms with E-state index >= 15 is 0 Å². The first-order valence-corrected chi connectivity index (χ1v) is 4.09. The second-order valence-corrected chi connectivity index (χ2v) is 3.23. The Hall–Kier alpha value is -0.276. The monoisotopic (exact) mass is 267 g/mol.